The van der Waals surface area contributed by atoms with Gasteiger partial charge < -0.3 is 20.5 Å². The Bertz CT molecular complexity index is 1210. The second-order valence-electron chi connectivity index (χ2n) is 8.12. The number of nitrogens with one attached hydrogen (secondary N) is 2. The minimum atomic E-state index is -1.27. The fraction of sp³-hybridized carbons (Fsp3) is 0.192. The van der Waals surface area contributed by atoms with Gasteiger partial charge in [-0.2, -0.15) is 0 Å². The fourth-order valence-electron chi connectivity index (χ4n) is 4.12. The summed E-state index contributed by atoms with van der Waals surface area (Å²) in [5.74, 6) is -2.73. The summed E-state index contributed by atoms with van der Waals surface area (Å²) in [6.45, 7) is 1.78. The van der Waals surface area contributed by atoms with Crippen molar-refractivity contribution in [3.63, 3.8) is 0 Å². The molecule has 0 spiro atoms. The lowest BCUT2D eigenvalue weighted by Crippen LogP contribution is -2.36. The molecule has 1 atom stereocenters. The van der Waals surface area contributed by atoms with Crippen LogP contribution in [0.25, 0.3) is 11.1 Å². The van der Waals surface area contributed by atoms with Crippen LogP contribution in [0.3, 0.4) is 0 Å². The van der Waals surface area contributed by atoms with E-state index in [0.29, 0.717) is 0 Å². The normalized spacial score (nSPS) is 12.9. The van der Waals surface area contributed by atoms with E-state index in [-0.39, 0.29) is 30.2 Å². The van der Waals surface area contributed by atoms with E-state index in [1.54, 1.807) is 6.92 Å². The summed E-state index contributed by atoms with van der Waals surface area (Å²) in [4.78, 5) is 35.5. The predicted octanol–water partition coefficient (Wildman–Crippen LogP) is 4.78. The molecule has 8 heteroatoms. The van der Waals surface area contributed by atoms with Crippen molar-refractivity contribution in [2.24, 2.45) is 0 Å². The Kier molecular flexibility index (Phi) is 6.58. The Morgan fingerprint density at radius 3 is 2.21 bits per heavy atom. The van der Waals surface area contributed by atoms with Crippen LogP contribution in [0.5, 0.6) is 0 Å². The first kappa shape index (κ1) is 23.0. The third-order valence-corrected chi connectivity index (χ3v) is 5.69. The van der Waals surface area contributed by atoms with Crippen molar-refractivity contribution in [1.82, 2.24) is 5.32 Å². The second kappa shape index (κ2) is 9.74. The first-order valence-corrected chi connectivity index (χ1v) is 10.8. The van der Waals surface area contributed by atoms with Crippen molar-refractivity contribution in [2.45, 2.75) is 25.3 Å². The van der Waals surface area contributed by atoms with E-state index in [2.05, 4.69) is 10.6 Å². The standard InChI is InChI=1S/C26H23FN2O5/c1-15(12-24(30)29-23-11-10-16(25(31)32)13-22(23)27)28-26(33)34-14-21-19-8-4-2-6-17(19)18-7-3-5-9-20(18)21/h2-11,13,15,21H,12,14H2,1H3,(H,28,33)(H,29,30)(H,31,32). The molecule has 1 unspecified atom stereocenters. The molecule has 0 bridgehead atoms. The quantitative estimate of drug-likeness (QED) is 0.469. The summed E-state index contributed by atoms with van der Waals surface area (Å²) >= 11 is 0. The highest BCUT2D eigenvalue weighted by molar-refractivity contribution is 5.93. The van der Waals surface area contributed by atoms with E-state index in [1.165, 1.54) is 12.1 Å². The maximum atomic E-state index is 14.0. The number of carboxylic acids is 1. The highest BCUT2D eigenvalue weighted by Crippen LogP contribution is 2.44. The Labute approximate surface area is 195 Å². The number of fused-ring (bicyclic) bond motifs is 3. The summed E-state index contributed by atoms with van der Waals surface area (Å²) in [7, 11) is 0. The van der Waals surface area contributed by atoms with E-state index < -0.39 is 29.8 Å². The molecule has 2 amide bonds. The van der Waals surface area contributed by atoms with Gasteiger partial charge in [-0.05, 0) is 47.4 Å². The molecule has 0 heterocycles. The smallest absolute Gasteiger partial charge is 0.407 e. The molecule has 3 aromatic rings. The van der Waals surface area contributed by atoms with Crippen LogP contribution in [-0.4, -0.2) is 35.7 Å². The topological polar surface area (TPSA) is 105 Å². The lowest BCUT2D eigenvalue weighted by molar-refractivity contribution is -0.116. The zero-order valence-electron chi connectivity index (χ0n) is 18.4. The van der Waals surface area contributed by atoms with Crippen LogP contribution < -0.4 is 10.6 Å². The molecule has 174 valence electrons. The number of carbonyl (C=O) groups is 3. The highest BCUT2D eigenvalue weighted by atomic mass is 19.1. The van der Waals surface area contributed by atoms with Crippen molar-refractivity contribution in [3.8, 4) is 11.1 Å². The maximum absolute atomic E-state index is 14.0. The van der Waals surface area contributed by atoms with E-state index in [4.69, 9.17) is 9.84 Å². The molecule has 0 radical (unpaired) electrons. The predicted molar refractivity (Wildman–Crippen MR) is 124 cm³/mol. The summed E-state index contributed by atoms with van der Waals surface area (Å²) in [5, 5.41) is 13.9. The number of hydrogen-bond donors (Lipinski definition) is 3. The molecule has 4 rings (SSSR count). The third-order valence-electron chi connectivity index (χ3n) is 5.69. The Hall–Kier alpha value is -4.20. The molecule has 0 saturated heterocycles. The number of amides is 2. The molecular weight excluding hydrogens is 439 g/mol. The largest absolute Gasteiger partial charge is 0.478 e. The van der Waals surface area contributed by atoms with Gasteiger partial charge in [0.2, 0.25) is 5.91 Å². The molecular formula is C26H23FN2O5. The van der Waals surface area contributed by atoms with Gasteiger partial charge in [0.15, 0.2) is 0 Å². The number of rotatable bonds is 7. The number of ether oxygens (including phenoxy) is 1. The van der Waals surface area contributed by atoms with Crippen LogP contribution in [-0.2, 0) is 9.53 Å². The van der Waals surface area contributed by atoms with Crippen LogP contribution in [0.15, 0.2) is 66.7 Å². The molecule has 0 saturated carbocycles. The van der Waals surface area contributed by atoms with Gasteiger partial charge in [-0.15, -0.1) is 0 Å². The van der Waals surface area contributed by atoms with Gasteiger partial charge in [0.1, 0.15) is 12.4 Å². The van der Waals surface area contributed by atoms with Crippen molar-refractivity contribution in [2.75, 3.05) is 11.9 Å². The number of carboxylic acid groups (broad SMARTS) is 1. The molecule has 0 fully saturated rings. The van der Waals surface area contributed by atoms with E-state index in [1.807, 2.05) is 48.5 Å². The van der Waals surface area contributed by atoms with Crippen LogP contribution in [0, 0.1) is 5.82 Å². The molecule has 3 aromatic carbocycles. The monoisotopic (exact) mass is 462 g/mol. The zero-order chi connectivity index (χ0) is 24.2. The van der Waals surface area contributed by atoms with Gasteiger partial charge in [-0.3, -0.25) is 4.79 Å². The lowest BCUT2D eigenvalue weighted by Gasteiger charge is -2.17. The van der Waals surface area contributed by atoms with Crippen LogP contribution >= 0.6 is 0 Å². The minimum Gasteiger partial charge on any atom is -0.478 e. The zero-order valence-corrected chi connectivity index (χ0v) is 18.4. The number of carbonyl (C=O) groups excluding carboxylic acids is 2. The number of halogens is 1. The molecule has 0 aromatic heterocycles. The van der Waals surface area contributed by atoms with Crippen molar-refractivity contribution in [1.29, 1.82) is 0 Å². The number of alkyl carbamates (subject to hydrolysis) is 1. The van der Waals surface area contributed by atoms with Crippen LogP contribution in [0.2, 0.25) is 0 Å². The molecule has 7 nitrogen and oxygen atoms in total. The average molecular weight is 462 g/mol. The van der Waals surface area contributed by atoms with E-state index in [0.717, 1.165) is 28.3 Å². The number of aromatic carboxylic acids is 1. The summed E-state index contributed by atoms with van der Waals surface area (Å²) in [6, 6.07) is 18.6. The second-order valence-corrected chi connectivity index (χ2v) is 8.12. The van der Waals surface area contributed by atoms with Crippen molar-refractivity contribution in [3.05, 3.63) is 89.2 Å². The van der Waals surface area contributed by atoms with Gasteiger partial charge in [0.05, 0.1) is 11.3 Å². The summed E-state index contributed by atoms with van der Waals surface area (Å²) in [5.41, 5.74) is 4.09. The lowest BCUT2D eigenvalue weighted by atomic mass is 9.98. The SMILES string of the molecule is CC(CC(=O)Nc1ccc(C(=O)O)cc1F)NC(=O)OCC1c2ccccc2-c2ccccc21. The molecule has 1 aliphatic rings. The average Bonchev–Trinajstić information content (AvgIpc) is 3.12. The summed E-state index contributed by atoms with van der Waals surface area (Å²) < 4.78 is 19.5. The van der Waals surface area contributed by atoms with Crippen LogP contribution in [0.4, 0.5) is 14.9 Å². The Morgan fingerprint density at radius 2 is 1.62 bits per heavy atom. The molecule has 1 aliphatic carbocycles. The van der Waals surface area contributed by atoms with Crippen molar-refractivity contribution >= 4 is 23.7 Å². The van der Waals surface area contributed by atoms with Gasteiger partial charge in [0, 0.05) is 18.4 Å². The first-order valence-electron chi connectivity index (χ1n) is 10.8. The number of hydrogen-bond acceptors (Lipinski definition) is 4. The van der Waals surface area contributed by atoms with E-state index in [9.17, 15) is 18.8 Å². The maximum Gasteiger partial charge on any atom is 0.407 e. The number of benzene rings is 3. The van der Waals surface area contributed by atoms with Gasteiger partial charge in [-0.25, -0.2) is 14.0 Å². The van der Waals surface area contributed by atoms with Gasteiger partial charge >= 0.3 is 12.1 Å². The first-order chi connectivity index (χ1) is 16.3. The highest BCUT2D eigenvalue weighted by Gasteiger charge is 2.29. The Balaban J connectivity index is 1.30. The molecule has 0 aliphatic heterocycles. The van der Waals surface area contributed by atoms with Gasteiger partial charge in [0.25, 0.3) is 0 Å². The van der Waals surface area contributed by atoms with Crippen molar-refractivity contribution < 1.29 is 28.6 Å². The molecule has 3 N–H and O–H groups in total. The van der Waals surface area contributed by atoms with Crippen LogP contribution in [0.1, 0.15) is 40.7 Å². The molecule has 34 heavy (non-hydrogen) atoms. The van der Waals surface area contributed by atoms with Gasteiger partial charge in [-0.1, -0.05) is 48.5 Å². The Morgan fingerprint density at radius 1 is 1.00 bits per heavy atom. The number of anilines is 1. The van der Waals surface area contributed by atoms with E-state index >= 15 is 0 Å². The fourth-order valence-corrected chi connectivity index (χ4v) is 4.12. The summed E-state index contributed by atoms with van der Waals surface area (Å²) in [6.07, 6.45) is -0.774. The third kappa shape index (κ3) is 4.91. The minimum absolute atomic E-state index is 0.0755.